The van der Waals surface area contributed by atoms with Crippen LogP contribution in [-0.2, 0) is 6.54 Å². The molecule has 1 aromatic heterocycles. The van der Waals surface area contributed by atoms with Gasteiger partial charge in [-0.2, -0.15) is 0 Å². The summed E-state index contributed by atoms with van der Waals surface area (Å²) in [6.45, 7) is 2.85. The lowest BCUT2D eigenvalue weighted by Gasteiger charge is -2.12. The number of halogens is 2. The van der Waals surface area contributed by atoms with E-state index < -0.39 is 5.91 Å². The van der Waals surface area contributed by atoms with Gasteiger partial charge in [0.05, 0.1) is 11.4 Å². The Balaban J connectivity index is 2.15. The highest BCUT2D eigenvalue weighted by Crippen LogP contribution is 2.34. The molecule has 1 heterocycles. The van der Waals surface area contributed by atoms with Crippen LogP contribution in [0.2, 0.25) is 10.0 Å². The first-order chi connectivity index (χ1) is 13.5. The number of carbonyl (C=O) groups is 1. The fourth-order valence-corrected chi connectivity index (χ4v) is 3.52. The fraction of sp³-hybridized carbons (Fsp3) is 0.273. The monoisotopic (exact) mass is 415 g/mol. The molecule has 4 nitrogen and oxygen atoms in total. The molecule has 28 heavy (non-hydrogen) atoms. The molecule has 0 bridgehead atoms. The number of nitrogens with two attached hydrogens (primary N) is 1. The molecule has 0 saturated carbocycles. The molecule has 0 aliphatic carbocycles. The number of hydrogen-bond donors (Lipinski definition) is 1. The molecular weight excluding hydrogens is 393 g/mol. The summed E-state index contributed by atoms with van der Waals surface area (Å²) in [4.78, 5) is 16.8. The summed E-state index contributed by atoms with van der Waals surface area (Å²) in [6.07, 6.45) is 4.34. The van der Waals surface area contributed by atoms with E-state index in [0.29, 0.717) is 22.3 Å². The first kappa shape index (κ1) is 20.4. The molecule has 0 atom stereocenters. The molecule has 0 saturated heterocycles. The van der Waals surface area contributed by atoms with Crippen LogP contribution >= 0.6 is 23.2 Å². The number of rotatable bonds is 8. The number of unbranched alkanes of at least 4 members (excludes halogenated alkanes) is 3. The summed E-state index contributed by atoms with van der Waals surface area (Å²) in [6, 6.07) is 15.0. The molecule has 0 fully saturated rings. The van der Waals surface area contributed by atoms with Gasteiger partial charge in [-0.05, 0) is 30.7 Å². The zero-order valence-corrected chi connectivity index (χ0v) is 17.3. The Morgan fingerprint density at radius 1 is 0.929 bits per heavy atom. The van der Waals surface area contributed by atoms with Crippen LogP contribution in [0.25, 0.3) is 22.5 Å². The second kappa shape index (κ2) is 9.26. The van der Waals surface area contributed by atoms with Crippen LogP contribution in [0.3, 0.4) is 0 Å². The van der Waals surface area contributed by atoms with Gasteiger partial charge in [0.2, 0.25) is 0 Å². The number of aromatic nitrogens is 2. The van der Waals surface area contributed by atoms with Crippen LogP contribution in [0.5, 0.6) is 0 Å². The maximum Gasteiger partial charge on any atom is 0.284 e. The SMILES string of the molecule is CCCCCCn1c(C(N)=O)nc(-c2ccc(Cl)cc2)c1-c1ccc(Cl)cc1. The molecular formula is C22H23Cl2N3O. The van der Waals surface area contributed by atoms with Gasteiger partial charge in [-0.3, -0.25) is 4.79 Å². The normalized spacial score (nSPS) is 11.0. The number of hydrogen-bond acceptors (Lipinski definition) is 2. The molecule has 6 heteroatoms. The van der Waals surface area contributed by atoms with Crippen molar-refractivity contribution in [3.8, 4) is 22.5 Å². The van der Waals surface area contributed by atoms with E-state index in [-0.39, 0.29) is 5.82 Å². The topological polar surface area (TPSA) is 60.9 Å². The second-order valence-corrected chi connectivity index (χ2v) is 7.60. The number of imidazole rings is 1. The van der Waals surface area contributed by atoms with Gasteiger partial charge in [-0.15, -0.1) is 0 Å². The minimum Gasteiger partial charge on any atom is -0.363 e. The Morgan fingerprint density at radius 2 is 1.50 bits per heavy atom. The van der Waals surface area contributed by atoms with Gasteiger partial charge in [0, 0.05) is 27.7 Å². The van der Waals surface area contributed by atoms with E-state index in [9.17, 15) is 4.79 Å². The summed E-state index contributed by atoms with van der Waals surface area (Å²) in [5, 5.41) is 1.30. The van der Waals surface area contributed by atoms with Crippen molar-refractivity contribution >= 4 is 29.1 Å². The van der Waals surface area contributed by atoms with E-state index in [1.807, 2.05) is 53.1 Å². The number of nitrogens with zero attached hydrogens (tertiary/aromatic N) is 2. The van der Waals surface area contributed by atoms with Crippen molar-refractivity contribution in [1.29, 1.82) is 0 Å². The van der Waals surface area contributed by atoms with Crippen LogP contribution < -0.4 is 5.73 Å². The van der Waals surface area contributed by atoms with Crippen LogP contribution in [0, 0.1) is 0 Å². The summed E-state index contributed by atoms with van der Waals surface area (Å²) in [7, 11) is 0. The largest absolute Gasteiger partial charge is 0.363 e. The Kier molecular flexibility index (Phi) is 6.76. The molecule has 0 aliphatic heterocycles. The van der Waals surface area contributed by atoms with Gasteiger partial charge < -0.3 is 10.3 Å². The Hall–Kier alpha value is -2.30. The van der Waals surface area contributed by atoms with Gasteiger partial charge in [0.1, 0.15) is 0 Å². The predicted octanol–water partition coefficient (Wildman–Crippen LogP) is 6.20. The number of benzene rings is 2. The average Bonchev–Trinajstić information content (AvgIpc) is 3.06. The lowest BCUT2D eigenvalue weighted by molar-refractivity contribution is 0.0986. The van der Waals surface area contributed by atoms with E-state index >= 15 is 0 Å². The Bertz CT molecular complexity index is 947. The molecule has 0 spiro atoms. The third-order valence-corrected chi connectivity index (χ3v) is 5.16. The average molecular weight is 416 g/mol. The standard InChI is InChI=1S/C22H23Cl2N3O/c1-2-3-4-5-14-27-20(16-8-12-18(24)13-9-16)19(26-22(27)21(25)28)15-6-10-17(23)11-7-15/h6-13H,2-5,14H2,1H3,(H2,25,28). The quantitative estimate of drug-likeness (QED) is 0.444. The number of amides is 1. The van der Waals surface area contributed by atoms with Gasteiger partial charge in [0.25, 0.3) is 5.91 Å². The first-order valence-corrected chi connectivity index (χ1v) is 10.2. The summed E-state index contributed by atoms with van der Waals surface area (Å²) in [5.41, 5.74) is 9.06. The fourth-order valence-electron chi connectivity index (χ4n) is 3.26. The third kappa shape index (κ3) is 4.57. The number of primary amides is 1. The molecule has 0 aliphatic rings. The van der Waals surface area contributed by atoms with Crippen molar-refractivity contribution in [2.24, 2.45) is 5.73 Å². The van der Waals surface area contributed by atoms with E-state index in [4.69, 9.17) is 28.9 Å². The van der Waals surface area contributed by atoms with Gasteiger partial charge in [-0.25, -0.2) is 4.98 Å². The minimum atomic E-state index is -0.536. The Labute approximate surface area is 175 Å². The maximum atomic E-state index is 12.1. The van der Waals surface area contributed by atoms with E-state index in [2.05, 4.69) is 11.9 Å². The molecule has 3 rings (SSSR count). The maximum absolute atomic E-state index is 12.1. The summed E-state index contributed by atoms with van der Waals surface area (Å²) >= 11 is 12.1. The second-order valence-electron chi connectivity index (χ2n) is 6.72. The zero-order valence-electron chi connectivity index (χ0n) is 15.8. The van der Waals surface area contributed by atoms with Crippen LogP contribution in [-0.4, -0.2) is 15.5 Å². The highest BCUT2D eigenvalue weighted by atomic mass is 35.5. The van der Waals surface area contributed by atoms with Crippen molar-refractivity contribution in [3.05, 3.63) is 64.4 Å². The molecule has 0 radical (unpaired) electrons. The van der Waals surface area contributed by atoms with Crippen molar-refractivity contribution in [2.75, 3.05) is 0 Å². The number of carbonyl (C=O) groups excluding carboxylic acids is 1. The van der Waals surface area contributed by atoms with Crippen LogP contribution in [0.4, 0.5) is 0 Å². The first-order valence-electron chi connectivity index (χ1n) is 9.43. The Morgan fingerprint density at radius 3 is 2.04 bits per heavy atom. The molecule has 1 amide bonds. The van der Waals surface area contributed by atoms with Gasteiger partial charge in [0.15, 0.2) is 5.82 Å². The predicted molar refractivity (Wildman–Crippen MR) is 116 cm³/mol. The van der Waals surface area contributed by atoms with Crippen molar-refractivity contribution in [3.63, 3.8) is 0 Å². The summed E-state index contributed by atoms with van der Waals surface area (Å²) in [5.74, 6) is -0.266. The van der Waals surface area contributed by atoms with Crippen molar-refractivity contribution in [2.45, 2.75) is 39.2 Å². The lowest BCUT2D eigenvalue weighted by atomic mass is 10.0. The van der Waals surface area contributed by atoms with Crippen LogP contribution in [0.15, 0.2) is 48.5 Å². The van der Waals surface area contributed by atoms with Crippen LogP contribution in [0.1, 0.15) is 43.2 Å². The van der Waals surface area contributed by atoms with E-state index in [1.54, 1.807) is 0 Å². The molecule has 146 valence electrons. The van der Waals surface area contributed by atoms with E-state index in [1.165, 1.54) is 0 Å². The van der Waals surface area contributed by atoms with Crippen molar-refractivity contribution in [1.82, 2.24) is 9.55 Å². The molecule has 0 unspecified atom stereocenters. The zero-order chi connectivity index (χ0) is 20.1. The smallest absolute Gasteiger partial charge is 0.284 e. The molecule has 2 aromatic carbocycles. The highest BCUT2D eigenvalue weighted by molar-refractivity contribution is 6.31. The van der Waals surface area contributed by atoms with Gasteiger partial charge >= 0.3 is 0 Å². The highest BCUT2D eigenvalue weighted by Gasteiger charge is 2.22. The van der Waals surface area contributed by atoms with Gasteiger partial charge in [-0.1, -0.05) is 73.7 Å². The molecule has 2 N–H and O–H groups in total. The summed E-state index contributed by atoms with van der Waals surface area (Å²) < 4.78 is 1.94. The van der Waals surface area contributed by atoms with E-state index in [0.717, 1.165) is 42.5 Å². The van der Waals surface area contributed by atoms with Crippen molar-refractivity contribution < 1.29 is 4.79 Å². The lowest BCUT2D eigenvalue weighted by Crippen LogP contribution is -2.19. The third-order valence-electron chi connectivity index (χ3n) is 4.66. The minimum absolute atomic E-state index is 0.270. The molecule has 3 aromatic rings.